The van der Waals surface area contributed by atoms with E-state index in [4.69, 9.17) is 5.11 Å². The first-order chi connectivity index (χ1) is 9.56. The van der Waals surface area contributed by atoms with Gasteiger partial charge in [-0.25, -0.2) is 4.79 Å². The number of nitrogens with one attached hydrogen (secondary N) is 2. The molecule has 0 saturated carbocycles. The van der Waals surface area contributed by atoms with E-state index in [0.29, 0.717) is 11.4 Å². The van der Waals surface area contributed by atoms with Gasteiger partial charge in [-0.15, -0.1) is 11.3 Å². The van der Waals surface area contributed by atoms with E-state index in [-0.39, 0.29) is 5.91 Å². The Hall–Kier alpha value is -2.41. The van der Waals surface area contributed by atoms with Gasteiger partial charge in [0.15, 0.2) is 0 Å². The maximum atomic E-state index is 11.9. The minimum atomic E-state index is -1.01. The van der Waals surface area contributed by atoms with Crippen LogP contribution in [0.5, 0.6) is 0 Å². The molecule has 2 heterocycles. The van der Waals surface area contributed by atoms with E-state index in [1.807, 2.05) is 6.92 Å². The number of hydrogen-bond donors (Lipinski definition) is 3. The molecule has 0 bridgehead atoms. The van der Waals surface area contributed by atoms with E-state index >= 15 is 0 Å². The number of hydrogen-bond acceptors (Lipinski definition) is 4. The number of aromatic amines is 1. The van der Waals surface area contributed by atoms with Crippen LogP contribution in [0.1, 0.15) is 25.8 Å². The summed E-state index contributed by atoms with van der Waals surface area (Å²) in [6.07, 6.45) is 4.18. The Labute approximate surface area is 119 Å². The summed E-state index contributed by atoms with van der Waals surface area (Å²) >= 11 is 1.24. The fourth-order valence-electron chi connectivity index (χ4n) is 1.53. The van der Waals surface area contributed by atoms with Gasteiger partial charge in [-0.1, -0.05) is 0 Å². The highest BCUT2D eigenvalue weighted by Gasteiger charge is 2.09. The molecule has 0 aromatic carbocycles. The molecule has 2 aromatic rings. The third kappa shape index (κ3) is 3.55. The molecule has 2 rings (SSSR count). The standard InChI is InChI=1S/C13H13N3O3S/c1-8-9(7-15-16-8)6-14-13(19)11-4-2-10(20-11)3-5-12(17)18/h2-5,7H,6H2,1H3,(H,14,19)(H,15,16)(H,17,18). The monoisotopic (exact) mass is 291 g/mol. The number of H-pyrrole nitrogens is 1. The number of carboxylic acids is 1. The Kier molecular flexibility index (Phi) is 4.31. The number of aromatic nitrogens is 2. The number of aliphatic carboxylic acids is 1. The van der Waals surface area contributed by atoms with E-state index in [1.54, 1.807) is 18.3 Å². The Bertz CT molecular complexity index is 657. The molecule has 104 valence electrons. The summed E-state index contributed by atoms with van der Waals surface area (Å²) < 4.78 is 0. The average molecular weight is 291 g/mol. The second-order valence-electron chi connectivity index (χ2n) is 4.08. The lowest BCUT2D eigenvalue weighted by Crippen LogP contribution is -2.21. The lowest BCUT2D eigenvalue weighted by atomic mass is 10.2. The van der Waals surface area contributed by atoms with Crippen LogP contribution in [0.4, 0.5) is 0 Å². The van der Waals surface area contributed by atoms with Crippen LogP contribution in [0.25, 0.3) is 6.08 Å². The van der Waals surface area contributed by atoms with Crippen molar-refractivity contribution in [3.63, 3.8) is 0 Å². The SMILES string of the molecule is Cc1[nH]ncc1CNC(=O)c1ccc(C=CC(=O)O)s1. The average Bonchev–Trinajstić information content (AvgIpc) is 3.02. The van der Waals surface area contributed by atoms with E-state index in [2.05, 4.69) is 15.5 Å². The lowest BCUT2D eigenvalue weighted by Gasteiger charge is -2.01. The normalized spacial score (nSPS) is 10.8. The smallest absolute Gasteiger partial charge is 0.328 e. The molecular weight excluding hydrogens is 278 g/mol. The Morgan fingerprint density at radius 2 is 2.30 bits per heavy atom. The van der Waals surface area contributed by atoms with E-state index in [9.17, 15) is 9.59 Å². The Morgan fingerprint density at radius 1 is 1.50 bits per heavy atom. The molecule has 0 spiro atoms. The maximum absolute atomic E-state index is 11.9. The number of nitrogens with zero attached hydrogens (tertiary/aromatic N) is 1. The zero-order valence-corrected chi connectivity index (χ0v) is 11.5. The van der Waals surface area contributed by atoms with Gasteiger partial charge in [0.1, 0.15) is 0 Å². The third-order valence-electron chi connectivity index (χ3n) is 2.61. The molecule has 0 aliphatic rings. The van der Waals surface area contributed by atoms with E-state index in [1.165, 1.54) is 17.4 Å². The molecule has 7 heteroatoms. The quantitative estimate of drug-likeness (QED) is 0.732. The van der Waals surface area contributed by atoms with Gasteiger partial charge in [0, 0.05) is 28.8 Å². The molecule has 0 aliphatic carbocycles. The number of amides is 1. The zero-order chi connectivity index (χ0) is 14.5. The van der Waals surface area contributed by atoms with Crippen molar-refractivity contribution in [3.8, 4) is 0 Å². The second kappa shape index (κ2) is 6.16. The highest BCUT2D eigenvalue weighted by atomic mass is 32.1. The number of aryl methyl sites for hydroxylation is 1. The van der Waals surface area contributed by atoms with Crippen LogP contribution in [0.15, 0.2) is 24.4 Å². The Morgan fingerprint density at radius 3 is 2.95 bits per heavy atom. The minimum Gasteiger partial charge on any atom is -0.478 e. The van der Waals surface area contributed by atoms with Crippen LogP contribution in [-0.4, -0.2) is 27.2 Å². The van der Waals surface area contributed by atoms with Crippen LogP contribution in [0.2, 0.25) is 0 Å². The minimum absolute atomic E-state index is 0.189. The molecule has 0 aliphatic heterocycles. The molecule has 0 unspecified atom stereocenters. The van der Waals surface area contributed by atoms with Gasteiger partial charge >= 0.3 is 5.97 Å². The highest BCUT2D eigenvalue weighted by molar-refractivity contribution is 7.14. The molecule has 0 atom stereocenters. The number of thiophene rings is 1. The predicted molar refractivity (Wildman–Crippen MR) is 75.5 cm³/mol. The van der Waals surface area contributed by atoms with Crippen LogP contribution in [0.3, 0.4) is 0 Å². The molecule has 6 nitrogen and oxygen atoms in total. The van der Waals surface area contributed by atoms with Crippen molar-refractivity contribution in [2.75, 3.05) is 0 Å². The van der Waals surface area contributed by atoms with Crippen LogP contribution in [0, 0.1) is 6.92 Å². The summed E-state index contributed by atoms with van der Waals surface area (Å²) in [4.78, 5) is 23.6. The van der Waals surface area contributed by atoms with Gasteiger partial charge < -0.3 is 10.4 Å². The van der Waals surface area contributed by atoms with Gasteiger partial charge in [-0.05, 0) is 25.1 Å². The van der Waals surface area contributed by atoms with Crippen molar-refractivity contribution in [1.82, 2.24) is 15.5 Å². The van der Waals surface area contributed by atoms with Crippen molar-refractivity contribution in [1.29, 1.82) is 0 Å². The fourth-order valence-corrected chi connectivity index (χ4v) is 2.36. The number of carbonyl (C=O) groups excluding carboxylic acids is 1. The van der Waals surface area contributed by atoms with Gasteiger partial charge in [0.2, 0.25) is 0 Å². The molecule has 1 amide bonds. The van der Waals surface area contributed by atoms with Crippen LogP contribution >= 0.6 is 11.3 Å². The van der Waals surface area contributed by atoms with Gasteiger partial charge in [-0.2, -0.15) is 5.10 Å². The number of rotatable bonds is 5. The van der Waals surface area contributed by atoms with Gasteiger partial charge in [0.05, 0.1) is 11.1 Å². The summed E-state index contributed by atoms with van der Waals surface area (Å²) in [5.74, 6) is -1.20. The molecule has 0 radical (unpaired) electrons. The first-order valence-electron chi connectivity index (χ1n) is 5.84. The molecule has 0 saturated heterocycles. The van der Waals surface area contributed by atoms with Gasteiger partial charge in [0.25, 0.3) is 5.91 Å². The summed E-state index contributed by atoms with van der Waals surface area (Å²) in [5, 5.41) is 18.0. The largest absolute Gasteiger partial charge is 0.478 e. The summed E-state index contributed by atoms with van der Waals surface area (Å²) in [7, 11) is 0. The molecule has 3 N–H and O–H groups in total. The van der Waals surface area contributed by atoms with Crippen molar-refractivity contribution in [2.45, 2.75) is 13.5 Å². The first kappa shape index (κ1) is 14.0. The van der Waals surface area contributed by atoms with Crippen LogP contribution < -0.4 is 5.32 Å². The molecule has 20 heavy (non-hydrogen) atoms. The Balaban J connectivity index is 1.96. The van der Waals surface area contributed by atoms with Crippen molar-refractivity contribution in [3.05, 3.63) is 45.4 Å². The van der Waals surface area contributed by atoms with Crippen LogP contribution in [-0.2, 0) is 11.3 Å². The van der Waals surface area contributed by atoms with E-state index < -0.39 is 5.97 Å². The highest BCUT2D eigenvalue weighted by Crippen LogP contribution is 2.18. The van der Waals surface area contributed by atoms with Gasteiger partial charge in [-0.3, -0.25) is 9.89 Å². The first-order valence-corrected chi connectivity index (χ1v) is 6.66. The maximum Gasteiger partial charge on any atom is 0.328 e. The molecular formula is C13H13N3O3S. The summed E-state index contributed by atoms with van der Waals surface area (Å²) in [5.41, 5.74) is 1.85. The number of carbonyl (C=O) groups is 2. The zero-order valence-electron chi connectivity index (χ0n) is 10.7. The lowest BCUT2D eigenvalue weighted by molar-refractivity contribution is -0.131. The molecule has 2 aromatic heterocycles. The fraction of sp³-hybridized carbons (Fsp3) is 0.154. The van der Waals surface area contributed by atoms with Crippen molar-refractivity contribution in [2.24, 2.45) is 0 Å². The third-order valence-corrected chi connectivity index (χ3v) is 3.66. The van der Waals surface area contributed by atoms with E-state index in [0.717, 1.165) is 22.2 Å². The summed E-state index contributed by atoms with van der Waals surface area (Å²) in [6, 6.07) is 3.38. The number of carboxylic acid groups (broad SMARTS) is 1. The topological polar surface area (TPSA) is 95.1 Å². The second-order valence-corrected chi connectivity index (χ2v) is 5.19. The van der Waals surface area contributed by atoms with Crippen molar-refractivity contribution < 1.29 is 14.7 Å². The predicted octanol–water partition coefficient (Wildman–Crippen LogP) is 1.81. The van der Waals surface area contributed by atoms with Crippen molar-refractivity contribution >= 4 is 29.3 Å². The molecule has 0 fully saturated rings. The summed E-state index contributed by atoms with van der Waals surface area (Å²) in [6.45, 7) is 2.29.